The zero-order valence-electron chi connectivity index (χ0n) is 13.4. The maximum Gasteiger partial charge on any atom is 0.408 e. The molecule has 1 heterocycles. The Bertz CT molecular complexity index is 540. The van der Waals surface area contributed by atoms with Crippen LogP contribution in [0.15, 0.2) is 0 Å². The van der Waals surface area contributed by atoms with Gasteiger partial charge in [0.15, 0.2) is 0 Å². The molecule has 0 spiro atoms. The minimum atomic E-state index is -4.37. The van der Waals surface area contributed by atoms with E-state index in [1.54, 1.807) is 27.8 Å². The summed E-state index contributed by atoms with van der Waals surface area (Å²) in [6.45, 7) is 5.09. The summed E-state index contributed by atoms with van der Waals surface area (Å²) in [4.78, 5) is 13.8. The molecule has 1 aromatic rings. The predicted octanol–water partition coefficient (Wildman–Crippen LogP) is 2.00. The van der Waals surface area contributed by atoms with Crippen molar-refractivity contribution >= 4 is 5.91 Å². The van der Waals surface area contributed by atoms with Gasteiger partial charge in [0.25, 0.3) is 0 Å². The fourth-order valence-corrected chi connectivity index (χ4v) is 2.43. The van der Waals surface area contributed by atoms with Crippen molar-refractivity contribution in [2.45, 2.75) is 52.4 Å². The van der Waals surface area contributed by atoms with Crippen molar-refractivity contribution in [1.82, 2.24) is 14.7 Å². The predicted molar refractivity (Wildman–Crippen MR) is 75.5 cm³/mol. The van der Waals surface area contributed by atoms with Gasteiger partial charge in [0.2, 0.25) is 5.91 Å². The van der Waals surface area contributed by atoms with E-state index in [4.69, 9.17) is 5.11 Å². The summed E-state index contributed by atoms with van der Waals surface area (Å²) in [6, 6.07) is -0.360. The number of aromatic nitrogens is 2. The van der Waals surface area contributed by atoms with Crippen LogP contribution < -0.4 is 0 Å². The second kappa shape index (κ2) is 6.68. The molecule has 0 aromatic carbocycles. The third-order valence-electron chi connectivity index (χ3n) is 3.84. The molecule has 8 heteroatoms. The van der Waals surface area contributed by atoms with Gasteiger partial charge < -0.3 is 10.0 Å². The topological polar surface area (TPSA) is 58.4 Å². The minimum Gasteiger partial charge on any atom is -0.394 e. The molecule has 0 aliphatic rings. The van der Waals surface area contributed by atoms with E-state index in [0.717, 1.165) is 4.68 Å². The van der Waals surface area contributed by atoms with Gasteiger partial charge in [-0.15, -0.1) is 0 Å². The Balaban J connectivity index is 3.09. The molecule has 126 valence electrons. The van der Waals surface area contributed by atoms with E-state index in [1.165, 1.54) is 11.8 Å². The molecule has 0 aliphatic carbocycles. The summed E-state index contributed by atoms with van der Waals surface area (Å²) in [7, 11) is 1.56. The molecule has 0 bridgehead atoms. The number of carbonyl (C=O) groups excluding carboxylic acids is 1. The number of carbonyl (C=O) groups is 1. The highest BCUT2D eigenvalue weighted by Crippen LogP contribution is 2.27. The molecule has 0 fully saturated rings. The molecule has 1 aromatic heterocycles. The van der Waals surface area contributed by atoms with Crippen LogP contribution in [0.1, 0.15) is 36.7 Å². The van der Waals surface area contributed by atoms with Crippen LogP contribution in [0, 0.1) is 13.8 Å². The van der Waals surface area contributed by atoms with E-state index in [2.05, 4.69) is 5.10 Å². The zero-order valence-corrected chi connectivity index (χ0v) is 13.4. The number of amides is 1. The molecule has 2 atom stereocenters. The van der Waals surface area contributed by atoms with Crippen LogP contribution in [0.2, 0.25) is 0 Å². The third-order valence-corrected chi connectivity index (χ3v) is 3.84. The molecule has 1 rings (SSSR count). The number of hydrogen-bond donors (Lipinski definition) is 1. The first-order valence-electron chi connectivity index (χ1n) is 6.97. The molecule has 5 nitrogen and oxygen atoms in total. The molecule has 0 saturated heterocycles. The summed E-state index contributed by atoms with van der Waals surface area (Å²) >= 11 is 0. The molecule has 22 heavy (non-hydrogen) atoms. The van der Waals surface area contributed by atoms with Crippen LogP contribution in [-0.2, 0) is 11.3 Å². The quantitative estimate of drug-likeness (QED) is 0.902. The van der Waals surface area contributed by atoms with Crippen molar-refractivity contribution in [3.8, 4) is 0 Å². The van der Waals surface area contributed by atoms with Crippen molar-refractivity contribution in [3.63, 3.8) is 0 Å². The van der Waals surface area contributed by atoms with Gasteiger partial charge in [-0.05, 0) is 27.7 Å². The lowest BCUT2D eigenvalue weighted by molar-refractivity contribution is -0.143. The van der Waals surface area contributed by atoms with Gasteiger partial charge in [0.05, 0.1) is 24.3 Å². The number of nitrogens with zero attached hydrogens (tertiary/aromatic N) is 3. The Kier molecular flexibility index (Phi) is 5.61. The molecule has 0 aliphatic heterocycles. The Morgan fingerprint density at radius 3 is 2.36 bits per heavy atom. The molecule has 0 saturated carbocycles. The lowest BCUT2D eigenvalue weighted by Gasteiger charge is -2.26. The summed E-state index contributed by atoms with van der Waals surface area (Å²) in [5.74, 6) is -0.889. The number of alkyl halides is 3. The first-order valence-corrected chi connectivity index (χ1v) is 6.97. The van der Waals surface area contributed by atoms with Crippen LogP contribution in [0.25, 0.3) is 0 Å². The van der Waals surface area contributed by atoms with Crippen LogP contribution in [0.3, 0.4) is 0 Å². The van der Waals surface area contributed by atoms with Crippen molar-refractivity contribution in [2.24, 2.45) is 0 Å². The highest BCUT2D eigenvalue weighted by Gasteiger charge is 2.32. The second-order valence-electron chi connectivity index (χ2n) is 5.56. The summed E-state index contributed by atoms with van der Waals surface area (Å²) < 4.78 is 38.5. The van der Waals surface area contributed by atoms with E-state index in [0.29, 0.717) is 17.0 Å². The monoisotopic (exact) mass is 321 g/mol. The van der Waals surface area contributed by atoms with Gasteiger partial charge in [-0.25, -0.2) is 0 Å². The number of aliphatic hydroxyl groups excluding tert-OH is 1. The summed E-state index contributed by atoms with van der Waals surface area (Å²) in [5, 5.41) is 13.0. The highest BCUT2D eigenvalue weighted by molar-refractivity contribution is 5.84. The van der Waals surface area contributed by atoms with Crippen LogP contribution in [0.4, 0.5) is 13.2 Å². The lowest BCUT2D eigenvalue weighted by atomic mass is 9.97. The maximum atomic E-state index is 12.5. The zero-order chi connectivity index (χ0) is 17.2. The Labute approximate surface area is 127 Å². The van der Waals surface area contributed by atoms with Gasteiger partial charge in [-0.2, -0.15) is 18.3 Å². The fourth-order valence-electron chi connectivity index (χ4n) is 2.43. The highest BCUT2D eigenvalue weighted by atomic mass is 19.4. The van der Waals surface area contributed by atoms with Crippen molar-refractivity contribution in [1.29, 1.82) is 0 Å². The molecule has 2 unspecified atom stereocenters. The number of aryl methyl sites for hydroxylation is 1. The third kappa shape index (κ3) is 4.00. The van der Waals surface area contributed by atoms with Crippen LogP contribution >= 0.6 is 0 Å². The first kappa shape index (κ1) is 18.5. The van der Waals surface area contributed by atoms with Crippen molar-refractivity contribution in [2.75, 3.05) is 13.7 Å². The van der Waals surface area contributed by atoms with Gasteiger partial charge in [-0.1, -0.05) is 0 Å². The standard InChI is InChI=1S/C14H22F3N3O2/c1-8(6-21)19(5)13(22)9(2)12-10(3)18-20(11(12)4)7-14(15,16)17/h8-9,21H,6-7H2,1-5H3. The van der Waals surface area contributed by atoms with Crippen molar-refractivity contribution < 1.29 is 23.1 Å². The number of rotatable bonds is 5. The van der Waals surface area contributed by atoms with E-state index < -0.39 is 18.6 Å². The fraction of sp³-hybridized carbons (Fsp3) is 0.714. The van der Waals surface area contributed by atoms with E-state index in [1.807, 2.05) is 0 Å². The van der Waals surface area contributed by atoms with Gasteiger partial charge >= 0.3 is 6.18 Å². The first-order chi connectivity index (χ1) is 9.99. The van der Waals surface area contributed by atoms with E-state index >= 15 is 0 Å². The Hall–Kier alpha value is -1.57. The summed E-state index contributed by atoms with van der Waals surface area (Å²) in [6.07, 6.45) is -4.37. The number of hydrogen-bond acceptors (Lipinski definition) is 3. The minimum absolute atomic E-state index is 0.180. The van der Waals surface area contributed by atoms with Gasteiger partial charge in [0.1, 0.15) is 6.54 Å². The average molecular weight is 321 g/mol. The van der Waals surface area contributed by atoms with Gasteiger partial charge in [0, 0.05) is 18.3 Å². The van der Waals surface area contributed by atoms with Gasteiger partial charge in [-0.3, -0.25) is 9.48 Å². The Morgan fingerprint density at radius 1 is 1.36 bits per heavy atom. The second-order valence-corrected chi connectivity index (χ2v) is 5.56. The average Bonchev–Trinajstić information content (AvgIpc) is 2.68. The van der Waals surface area contributed by atoms with Crippen LogP contribution in [0.5, 0.6) is 0 Å². The molecule has 0 radical (unpaired) electrons. The normalized spacial score (nSPS) is 14.8. The Morgan fingerprint density at radius 2 is 1.91 bits per heavy atom. The molecular formula is C14H22F3N3O2. The molecule has 1 amide bonds. The van der Waals surface area contributed by atoms with E-state index in [-0.39, 0.29) is 18.6 Å². The summed E-state index contributed by atoms with van der Waals surface area (Å²) in [5.41, 5.74) is 1.25. The SMILES string of the molecule is Cc1nn(CC(F)(F)F)c(C)c1C(C)C(=O)N(C)C(C)CO. The van der Waals surface area contributed by atoms with Crippen LogP contribution in [-0.4, -0.2) is 51.6 Å². The maximum absolute atomic E-state index is 12.5. The largest absolute Gasteiger partial charge is 0.408 e. The molecular weight excluding hydrogens is 299 g/mol. The number of aliphatic hydroxyl groups is 1. The van der Waals surface area contributed by atoms with E-state index in [9.17, 15) is 18.0 Å². The molecule has 1 N–H and O–H groups in total. The van der Waals surface area contributed by atoms with Crippen molar-refractivity contribution in [3.05, 3.63) is 17.0 Å². The number of likely N-dealkylation sites (N-methyl/N-ethyl adjacent to an activating group) is 1. The lowest BCUT2D eigenvalue weighted by Crippen LogP contribution is -2.39. The smallest absolute Gasteiger partial charge is 0.394 e. The number of halogens is 3.